The zero-order chi connectivity index (χ0) is 15.4. The minimum absolute atomic E-state index is 0.142. The highest BCUT2D eigenvalue weighted by atomic mass is 32.1. The van der Waals surface area contributed by atoms with Gasteiger partial charge in [0.25, 0.3) is 0 Å². The largest absolute Gasteiger partial charge is 0.378 e. The van der Waals surface area contributed by atoms with Gasteiger partial charge in [-0.2, -0.15) is 0 Å². The van der Waals surface area contributed by atoms with Crippen molar-refractivity contribution < 1.29 is 9.53 Å². The van der Waals surface area contributed by atoms with Gasteiger partial charge in [-0.3, -0.25) is 9.69 Å². The number of aryl methyl sites for hydroxylation is 1. The lowest BCUT2D eigenvalue weighted by Crippen LogP contribution is -2.45. The summed E-state index contributed by atoms with van der Waals surface area (Å²) in [7, 11) is 0. The quantitative estimate of drug-likeness (QED) is 0.796. The SMILES string of the molecule is Cc1ncc(CN2CCOCC2CC(=O)c2ccccc2)s1. The number of ketones is 1. The number of thiazole rings is 1. The van der Waals surface area contributed by atoms with Crippen molar-refractivity contribution >= 4 is 17.1 Å². The van der Waals surface area contributed by atoms with E-state index in [2.05, 4.69) is 9.88 Å². The predicted octanol–water partition coefficient (Wildman–Crippen LogP) is 2.93. The van der Waals surface area contributed by atoms with Gasteiger partial charge in [0, 0.05) is 42.2 Å². The Labute approximate surface area is 134 Å². The minimum atomic E-state index is 0.142. The number of benzene rings is 1. The number of ether oxygens (including phenoxy) is 1. The average Bonchev–Trinajstić information content (AvgIpc) is 2.95. The molecule has 4 nitrogen and oxygen atoms in total. The number of aromatic nitrogens is 1. The van der Waals surface area contributed by atoms with Gasteiger partial charge in [-0.15, -0.1) is 11.3 Å². The smallest absolute Gasteiger partial charge is 0.164 e. The molecular weight excluding hydrogens is 296 g/mol. The molecule has 1 fully saturated rings. The number of morpholine rings is 1. The van der Waals surface area contributed by atoms with Crippen LogP contribution in [0.4, 0.5) is 0 Å². The highest BCUT2D eigenvalue weighted by molar-refractivity contribution is 7.11. The van der Waals surface area contributed by atoms with E-state index in [-0.39, 0.29) is 11.8 Å². The van der Waals surface area contributed by atoms with Gasteiger partial charge in [0.15, 0.2) is 5.78 Å². The Morgan fingerprint density at radius 1 is 1.41 bits per heavy atom. The maximum Gasteiger partial charge on any atom is 0.164 e. The third-order valence-electron chi connectivity index (χ3n) is 3.89. The molecule has 0 aliphatic carbocycles. The fourth-order valence-corrected chi connectivity index (χ4v) is 3.54. The van der Waals surface area contributed by atoms with Crippen molar-refractivity contribution in [2.75, 3.05) is 19.8 Å². The van der Waals surface area contributed by atoms with E-state index >= 15 is 0 Å². The van der Waals surface area contributed by atoms with E-state index in [0.717, 1.165) is 30.3 Å². The first kappa shape index (κ1) is 15.3. The molecule has 0 N–H and O–H groups in total. The van der Waals surface area contributed by atoms with Gasteiger partial charge >= 0.3 is 0 Å². The van der Waals surface area contributed by atoms with Crippen LogP contribution in [-0.2, 0) is 11.3 Å². The van der Waals surface area contributed by atoms with Crippen LogP contribution in [0.1, 0.15) is 26.7 Å². The van der Waals surface area contributed by atoms with Crippen LogP contribution in [-0.4, -0.2) is 41.5 Å². The third kappa shape index (κ3) is 3.80. The maximum atomic E-state index is 12.4. The summed E-state index contributed by atoms with van der Waals surface area (Å²) in [5.74, 6) is 0.182. The van der Waals surface area contributed by atoms with Crippen LogP contribution >= 0.6 is 11.3 Å². The summed E-state index contributed by atoms with van der Waals surface area (Å²) >= 11 is 1.72. The molecule has 0 radical (unpaired) electrons. The lowest BCUT2D eigenvalue weighted by atomic mass is 10.0. The molecule has 0 saturated carbocycles. The van der Waals surface area contributed by atoms with Crippen LogP contribution in [0.25, 0.3) is 0 Å². The number of hydrogen-bond acceptors (Lipinski definition) is 5. The number of rotatable bonds is 5. The zero-order valence-electron chi connectivity index (χ0n) is 12.7. The van der Waals surface area contributed by atoms with Crippen LogP contribution in [0.15, 0.2) is 36.5 Å². The Morgan fingerprint density at radius 2 is 2.23 bits per heavy atom. The van der Waals surface area contributed by atoms with Gasteiger partial charge in [-0.1, -0.05) is 30.3 Å². The van der Waals surface area contributed by atoms with Crippen LogP contribution in [0.2, 0.25) is 0 Å². The van der Waals surface area contributed by atoms with E-state index in [0.29, 0.717) is 13.0 Å². The average molecular weight is 316 g/mol. The second kappa shape index (κ2) is 7.13. The summed E-state index contributed by atoms with van der Waals surface area (Å²) in [6.45, 7) is 5.08. The molecule has 2 aromatic rings. The molecule has 1 aromatic heterocycles. The predicted molar refractivity (Wildman–Crippen MR) is 87.3 cm³/mol. The second-order valence-corrected chi connectivity index (χ2v) is 6.86. The van der Waals surface area contributed by atoms with Crippen molar-refractivity contribution in [3.63, 3.8) is 0 Å². The molecular formula is C17H20N2O2S. The molecule has 1 unspecified atom stereocenters. The molecule has 116 valence electrons. The number of nitrogens with zero attached hydrogens (tertiary/aromatic N) is 2. The van der Waals surface area contributed by atoms with E-state index in [4.69, 9.17) is 4.74 Å². The summed E-state index contributed by atoms with van der Waals surface area (Å²) in [5, 5.41) is 1.08. The standard InChI is InChI=1S/C17H20N2O2S/c1-13-18-10-16(22-13)11-19-7-8-21-12-15(19)9-17(20)14-5-3-2-4-6-14/h2-6,10,15H,7-9,11-12H2,1H3. The van der Waals surface area contributed by atoms with Crippen LogP contribution < -0.4 is 0 Å². The molecule has 3 rings (SSSR count). The highest BCUT2D eigenvalue weighted by Crippen LogP contribution is 2.20. The second-order valence-electron chi connectivity index (χ2n) is 5.54. The van der Waals surface area contributed by atoms with Gasteiger partial charge in [0.1, 0.15) is 0 Å². The van der Waals surface area contributed by atoms with Crippen LogP contribution in [0.5, 0.6) is 0 Å². The third-order valence-corrected chi connectivity index (χ3v) is 4.79. The monoisotopic (exact) mass is 316 g/mol. The van der Waals surface area contributed by atoms with Crippen molar-refractivity contribution in [3.05, 3.63) is 52.0 Å². The Kier molecular flexibility index (Phi) is 4.97. The fraction of sp³-hybridized carbons (Fsp3) is 0.412. The molecule has 1 aliphatic heterocycles. The number of carbonyl (C=O) groups excluding carboxylic acids is 1. The lowest BCUT2D eigenvalue weighted by Gasteiger charge is -2.34. The molecule has 2 heterocycles. The summed E-state index contributed by atoms with van der Waals surface area (Å²) in [5.41, 5.74) is 0.779. The van der Waals surface area contributed by atoms with E-state index in [9.17, 15) is 4.79 Å². The molecule has 0 bridgehead atoms. The Hall–Kier alpha value is -1.56. The Balaban J connectivity index is 1.66. The van der Waals surface area contributed by atoms with Gasteiger partial charge in [-0.25, -0.2) is 4.98 Å². The number of carbonyl (C=O) groups is 1. The summed E-state index contributed by atoms with van der Waals surface area (Å²) in [6, 6.07) is 9.64. The van der Waals surface area contributed by atoms with Gasteiger partial charge in [-0.05, 0) is 6.92 Å². The number of Topliss-reactive ketones (excluding diaryl/α,β-unsaturated/α-hetero) is 1. The van der Waals surface area contributed by atoms with Crippen molar-refractivity contribution in [2.24, 2.45) is 0 Å². The van der Waals surface area contributed by atoms with E-state index in [1.165, 1.54) is 4.88 Å². The first-order valence-corrected chi connectivity index (χ1v) is 8.35. The number of hydrogen-bond donors (Lipinski definition) is 0. The molecule has 22 heavy (non-hydrogen) atoms. The first-order chi connectivity index (χ1) is 10.7. The van der Waals surface area contributed by atoms with Crippen molar-refractivity contribution in [2.45, 2.75) is 25.9 Å². The Bertz CT molecular complexity index is 627. The van der Waals surface area contributed by atoms with Crippen LogP contribution in [0.3, 0.4) is 0 Å². The Morgan fingerprint density at radius 3 is 2.95 bits per heavy atom. The fourth-order valence-electron chi connectivity index (χ4n) is 2.72. The topological polar surface area (TPSA) is 42.4 Å². The molecule has 1 atom stereocenters. The normalized spacial score (nSPS) is 19.2. The summed E-state index contributed by atoms with van der Waals surface area (Å²) < 4.78 is 5.59. The minimum Gasteiger partial charge on any atom is -0.378 e. The molecule has 5 heteroatoms. The van der Waals surface area contributed by atoms with Crippen LogP contribution in [0, 0.1) is 6.92 Å². The summed E-state index contributed by atoms with van der Waals surface area (Å²) in [6.07, 6.45) is 2.44. The maximum absolute atomic E-state index is 12.4. The zero-order valence-corrected chi connectivity index (χ0v) is 13.5. The van der Waals surface area contributed by atoms with Crippen molar-refractivity contribution in [1.82, 2.24) is 9.88 Å². The van der Waals surface area contributed by atoms with E-state index < -0.39 is 0 Å². The molecule has 1 aromatic carbocycles. The molecule has 1 aliphatic rings. The van der Waals surface area contributed by atoms with Gasteiger partial charge < -0.3 is 4.74 Å². The summed E-state index contributed by atoms with van der Waals surface area (Å²) in [4.78, 5) is 20.3. The van der Waals surface area contributed by atoms with E-state index in [1.54, 1.807) is 11.3 Å². The molecule has 1 saturated heterocycles. The molecule has 0 spiro atoms. The molecule has 0 amide bonds. The lowest BCUT2D eigenvalue weighted by molar-refractivity contribution is -0.0121. The first-order valence-electron chi connectivity index (χ1n) is 7.54. The van der Waals surface area contributed by atoms with E-state index in [1.807, 2.05) is 43.5 Å². The van der Waals surface area contributed by atoms with Gasteiger partial charge in [0.05, 0.1) is 18.2 Å². The van der Waals surface area contributed by atoms with Crippen molar-refractivity contribution in [3.8, 4) is 0 Å². The highest BCUT2D eigenvalue weighted by Gasteiger charge is 2.26. The van der Waals surface area contributed by atoms with Gasteiger partial charge in [0.2, 0.25) is 0 Å². The van der Waals surface area contributed by atoms with Crippen molar-refractivity contribution in [1.29, 1.82) is 0 Å².